The van der Waals surface area contributed by atoms with Gasteiger partial charge in [0.1, 0.15) is 23.5 Å². The van der Waals surface area contributed by atoms with Gasteiger partial charge in [-0.25, -0.2) is 4.98 Å². The summed E-state index contributed by atoms with van der Waals surface area (Å²) in [4.78, 5) is 49.6. The Kier molecular flexibility index (Phi) is 6.97. The van der Waals surface area contributed by atoms with Gasteiger partial charge in [0.15, 0.2) is 5.69 Å². The number of likely N-dealkylation sites (tertiary alicyclic amines) is 1. The van der Waals surface area contributed by atoms with Crippen LogP contribution in [0.25, 0.3) is 10.8 Å². The second-order valence-electron chi connectivity index (χ2n) is 12.3. The molecule has 2 N–H and O–H groups in total. The van der Waals surface area contributed by atoms with E-state index in [0.29, 0.717) is 51.3 Å². The normalized spacial score (nSPS) is 21.7. The minimum absolute atomic E-state index is 0.00103. The minimum atomic E-state index is -0.888. The molecular formula is C29H37N7O3. The predicted molar refractivity (Wildman–Crippen MR) is 148 cm³/mol. The van der Waals surface area contributed by atoms with E-state index < -0.39 is 11.6 Å². The van der Waals surface area contributed by atoms with Gasteiger partial charge in [0.25, 0.3) is 0 Å². The van der Waals surface area contributed by atoms with Gasteiger partial charge in [0.05, 0.1) is 13.1 Å². The van der Waals surface area contributed by atoms with E-state index in [1.54, 1.807) is 6.92 Å². The van der Waals surface area contributed by atoms with Crippen molar-refractivity contribution in [2.75, 3.05) is 44.2 Å². The summed E-state index contributed by atoms with van der Waals surface area (Å²) in [6.07, 6.45) is 0.941. The van der Waals surface area contributed by atoms with Crippen LogP contribution in [0.4, 0.5) is 5.82 Å². The number of hydrogen-bond acceptors (Lipinski definition) is 7. The molecule has 1 aromatic heterocycles. The van der Waals surface area contributed by atoms with Crippen molar-refractivity contribution in [2.24, 2.45) is 5.41 Å². The van der Waals surface area contributed by atoms with Gasteiger partial charge in [0, 0.05) is 43.7 Å². The summed E-state index contributed by atoms with van der Waals surface area (Å²) in [6, 6.07) is 9.52. The van der Waals surface area contributed by atoms with Gasteiger partial charge in [-0.3, -0.25) is 19.3 Å². The van der Waals surface area contributed by atoms with Crippen LogP contribution in [0, 0.1) is 16.7 Å². The molecule has 2 fully saturated rings. The molecule has 1 unspecified atom stereocenters. The van der Waals surface area contributed by atoms with Gasteiger partial charge in [-0.2, -0.15) is 5.26 Å². The zero-order chi connectivity index (χ0) is 27.9. The van der Waals surface area contributed by atoms with Crippen molar-refractivity contribution in [1.82, 2.24) is 25.4 Å². The van der Waals surface area contributed by atoms with Crippen LogP contribution in [0.1, 0.15) is 51.8 Å². The lowest BCUT2D eigenvalue weighted by Crippen LogP contribution is -2.71. The Labute approximate surface area is 229 Å². The predicted octanol–water partition coefficient (Wildman–Crippen LogP) is 1.77. The highest BCUT2D eigenvalue weighted by molar-refractivity contribution is 5.99. The van der Waals surface area contributed by atoms with Crippen molar-refractivity contribution in [3.05, 3.63) is 35.5 Å². The Morgan fingerprint density at radius 2 is 1.82 bits per heavy atom. The zero-order valence-electron chi connectivity index (χ0n) is 23.2. The molecule has 4 heterocycles. The third kappa shape index (κ3) is 5.28. The van der Waals surface area contributed by atoms with E-state index in [1.807, 2.05) is 29.2 Å². The number of hydrogen-bond donors (Lipinski definition) is 2. The van der Waals surface area contributed by atoms with E-state index in [4.69, 9.17) is 4.98 Å². The average Bonchev–Trinajstić information content (AvgIpc) is 3.07. The largest absolute Gasteiger partial charge is 0.354 e. The number of nitrogens with zero attached hydrogens (tertiary/aromatic N) is 5. The Balaban J connectivity index is 1.36. The Morgan fingerprint density at radius 1 is 1.13 bits per heavy atom. The van der Waals surface area contributed by atoms with Crippen molar-refractivity contribution in [3.8, 4) is 6.07 Å². The van der Waals surface area contributed by atoms with E-state index in [9.17, 15) is 19.6 Å². The number of amides is 3. The molecule has 0 bridgehead atoms. The minimum Gasteiger partial charge on any atom is -0.354 e. The van der Waals surface area contributed by atoms with Crippen LogP contribution in [-0.2, 0) is 20.9 Å². The molecule has 1 aromatic carbocycles. The van der Waals surface area contributed by atoms with E-state index in [-0.39, 0.29) is 29.7 Å². The number of pyridine rings is 1. The fraction of sp³-hybridized carbons (Fsp3) is 0.552. The molecule has 3 amide bonds. The first-order chi connectivity index (χ1) is 18.5. The lowest BCUT2D eigenvalue weighted by atomic mass is 9.84. The number of carbonyl (C=O) groups is 3. The molecule has 0 radical (unpaired) electrons. The maximum Gasteiger partial charge on any atom is 0.246 e. The van der Waals surface area contributed by atoms with Crippen molar-refractivity contribution in [1.29, 1.82) is 5.26 Å². The molecule has 10 nitrogen and oxygen atoms in total. The molecule has 206 valence electrons. The van der Waals surface area contributed by atoms with Gasteiger partial charge >= 0.3 is 0 Å². The third-order valence-corrected chi connectivity index (χ3v) is 8.01. The number of nitrogens with one attached hydrogen (secondary N) is 2. The summed E-state index contributed by atoms with van der Waals surface area (Å²) in [7, 11) is 0. The number of aromatic nitrogens is 1. The molecule has 1 spiro atoms. The SMILES string of the molecule is CC1NC(=O)C2(CCN(CC(=O)N3CCN(CC(C)(C)C)c4nc(C#N)c5ccccc5c4C3)CC2)NC1=O. The zero-order valence-corrected chi connectivity index (χ0v) is 23.2. The highest BCUT2D eigenvalue weighted by Crippen LogP contribution is 2.34. The molecule has 39 heavy (non-hydrogen) atoms. The quantitative estimate of drug-likeness (QED) is 0.619. The second-order valence-corrected chi connectivity index (χ2v) is 12.3. The molecule has 1 atom stereocenters. The summed E-state index contributed by atoms with van der Waals surface area (Å²) in [5.74, 6) is 0.500. The van der Waals surface area contributed by atoms with Crippen LogP contribution < -0.4 is 15.5 Å². The molecule has 0 saturated carbocycles. The standard InChI is InChI=1S/C29H37N7O3/c1-19-26(38)33-29(27(39)31-19)9-11-34(12-10-29)17-24(37)35-13-14-36(18-28(2,3)4)25-22(16-35)20-7-5-6-8-21(20)23(15-30)32-25/h5-8,19H,9-14,16-18H2,1-4H3,(H,31,39)(H,33,38). The number of benzene rings is 1. The number of anilines is 1. The molecule has 3 aliphatic rings. The van der Waals surface area contributed by atoms with Crippen LogP contribution >= 0.6 is 0 Å². The maximum atomic E-state index is 13.7. The van der Waals surface area contributed by atoms with Crippen LogP contribution in [0.5, 0.6) is 0 Å². The Morgan fingerprint density at radius 3 is 2.49 bits per heavy atom. The average molecular weight is 532 g/mol. The van der Waals surface area contributed by atoms with Crippen LogP contribution in [0.2, 0.25) is 0 Å². The van der Waals surface area contributed by atoms with Gasteiger partial charge < -0.3 is 20.4 Å². The molecule has 10 heteroatoms. The fourth-order valence-corrected chi connectivity index (χ4v) is 5.90. The van der Waals surface area contributed by atoms with Crippen LogP contribution in [-0.4, -0.2) is 83.4 Å². The second kappa shape index (κ2) is 10.1. The van der Waals surface area contributed by atoms with E-state index in [1.165, 1.54) is 0 Å². The Bertz CT molecular complexity index is 1350. The summed E-state index contributed by atoms with van der Waals surface area (Å²) >= 11 is 0. The molecule has 5 rings (SSSR count). The molecular weight excluding hydrogens is 494 g/mol. The first-order valence-electron chi connectivity index (χ1n) is 13.7. The monoisotopic (exact) mass is 531 g/mol. The lowest BCUT2D eigenvalue weighted by Gasteiger charge is -2.44. The first kappa shape index (κ1) is 26.9. The molecule has 2 aromatic rings. The molecule has 0 aliphatic carbocycles. The fourth-order valence-electron chi connectivity index (χ4n) is 5.90. The van der Waals surface area contributed by atoms with E-state index in [2.05, 4.69) is 47.3 Å². The topological polar surface area (TPSA) is 122 Å². The third-order valence-electron chi connectivity index (χ3n) is 8.01. The summed E-state index contributed by atoms with van der Waals surface area (Å²) < 4.78 is 0. The highest BCUT2D eigenvalue weighted by atomic mass is 16.2. The summed E-state index contributed by atoms with van der Waals surface area (Å²) in [5.41, 5.74) is 0.478. The Hall–Kier alpha value is -3.71. The number of piperazine rings is 1. The van der Waals surface area contributed by atoms with Crippen LogP contribution in [0.15, 0.2) is 24.3 Å². The van der Waals surface area contributed by atoms with Crippen molar-refractivity contribution < 1.29 is 14.4 Å². The molecule has 3 aliphatic heterocycles. The van der Waals surface area contributed by atoms with E-state index >= 15 is 0 Å². The number of rotatable bonds is 3. The van der Waals surface area contributed by atoms with Gasteiger partial charge in [-0.05, 0) is 30.6 Å². The summed E-state index contributed by atoms with van der Waals surface area (Å²) in [5, 5.41) is 17.3. The van der Waals surface area contributed by atoms with E-state index in [0.717, 1.165) is 28.7 Å². The van der Waals surface area contributed by atoms with Crippen LogP contribution in [0.3, 0.4) is 0 Å². The van der Waals surface area contributed by atoms with Crippen molar-refractivity contribution >= 4 is 34.3 Å². The van der Waals surface area contributed by atoms with Gasteiger partial charge in [-0.1, -0.05) is 45.0 Å². The van der Waals surface area contributed by atoms with Crippen molar-refractivity contribution in [2.45, 2.75) is 58.7 Å². The highest BCUT2D eigenvalue weighted by Gasteiger charge is 2.47. The van der Waals surface area contributed by atoms with Gasteiger partial charge in [0.2, 0.25) is 17.7 Å². The van der Waals surface area contributed by atoms with Crippen molar-refractivity contribution in [3.63, 3.8) is 0 Å². The summed E-state index contributed by atoms with van der Waals surface area (Å²) in [6.45, 7) is 11.9. The van der Waals surface area contributed by atoms with Gasteiger partial charge in [-0.15, -0.1) is 0 Å². The smallest absolute Gasteiger partial charge is 0.246 e. The lowest BCUT2D eigenvalue weighted by molar-refractivity contribution is -0.144. The number of piperidine rings is 1. The maximum absolute atomic E-state index is 13.7. The number of nitriles is 1. The number of fused-ring (bicyclic) bond motifs is 3. The first-order valence-corrected chi connectivity index (χ1v) is 13.7. The molecule has 2 saturated heterocycles. The number of carbonyl (C=O) groups excluding carboxylic acids is 3.